The van der Waals surface area contributed by atoms with Gasteiger partial charge in [-0.1, -0.05) is 11.6 Å². The van der Waals surface area contributed by atoms with E-state index < -0.39 is 0 Å². The number of piperidine rings is 1. The van der Waals surface area contributed by atoms with Crippen LogP contribution in [0.1, 0.15) is 26.2 Å². The van der Waals surface area contributed by atoms with Gasteiger partial charge in [-0.3, -0.25) is 0 Å². The van der Waals surface area contributed by atoms with Gasteiger partial charge in [0.15, 0.2) is 11.6 Å². The second kappa shape index (κ2) is 5.19. The van der Waals surface area contributed by atoms with Crippen molar-refractivity contribution in [2.24, 2.45) is 5.73 Å². The summed E-state index contributed by atoms with van der Waals surface area (Å²) in [6.07, 6.45) is 4.65. The van der Waals surface area contributed by atoms with Crippen LogP contribution in [0, 0.1) is 5.82 Å². The average molecular weight is 258 g/mol. The van der Waals surface area contributed by atoms with Gasteiger partial charge in [-0.15, -0.1) is 0 Å². The van der Waals surface area contributed by atoms with Gasteiger partial charge in [0.1, 0.15) is 0 Å². The molecule has 1 aromatic rings. The molecule has 0 saturated carbocycles. The molecule has 94 valence electrons. The predicted octanol–water partition coefficient (Wildman–Crippen LogP) is 2.58. The molecule has 0 radical (unpaired) electrons. The van der Waals surface area contributed by atoms with E-state index in [0.717, 1.165) is 25.8 Å². The zero-order valence-corrected chi connectivity index (χ0v) is 10.6. The summed E-state index contributed by atoms with van der Waals surface area (Å²) in [4.78, 5) is 6.07. The first-order valence-corrected chi connectivity index (χ1v) is 6.30. The fraction of sp³-hybridized carbons (Fsp3) is 0.583. The van der Waals surface area contributed by atoms with Gasteiger partial charge in [-0.05, 0) is 32.3 Å². The number of hydrogen-bond donors (Lipinski definition) is 1. The molecule has 2 heterocycles. The van der Waals surface area contributed by atoms with E-state index in [1.54, 1.807) is 0 Å². The van der Waals surface area contributed by atoms with Gasteiger partial charge in [0.25, 0.3) is 0 Å². The maximum absolute atomic E-state index is 13.8. The summed E-state index contributed by atoms with van der Waals surface area (Å²) in [5.41, 5.74) is 5.96. The Kier molecular flexibility index (Phi) is 3.84. The summed E-state index contributed by atoms with van der Waals surface area (Å²) in [5.74, 6) is 0.00134. The molecular weight excluding hydrogens is 241 g/mol. The number of hydrogen-bond acceptors (Lipinski definition) is 3. The van der Waals surface area contributed by atoms with Gasteiger partial charge in [0.2, 0.25) is 0 Å². The van der Waals surface area contributed by atoms with E-state index in [1.165, 1.54) is 12.3 Å². The third-order valence-electron chi connectivity index (χ3n) is 3.22. The third-order valence-corrected chi connectivity index (χ3v) is 3.42. The molecule has 17 heavy (non-hydrogen) atoms. The summed E-state index contributed by atoms with van der Waals surface area (Å²) < 4.78 is 13.8. The zero-order chi connectivity index (χ0) is 12.4. The number of anilines is 1. The van der Waals surface area contributed by atoms with Gasteiger partial charge in [-0.2, -0.15) is 0 Å². The van der Waals surface area contributed by atoms with Crippen LogP contribution in [-0.2, 0) is 0 Å². The number of aromatic nitrogens is 1. The molecule has 5 heteroatoms. The van der Waals surface area contributed by atoms with Crippen molar-refractivity contribution in [3.63, 3.8) is 0 Å². The van der Waals surface area contributed by atoms with Crippen LogP contribution in [0.25, 0.3) is 0 Å². The lowest BCUT2D eigenvalue weighted by Gasteiger charge is -2.39. The Labute approximate surface area is 106 Å². The lowest BCUT2D eigenvalue weighted by atomic mass is 9.97. The summed E-state index contributed by atoms with van der Waals surface area (Å²) in [5, 5.41) is 0.320. The van der Waals surface area contributed by atoms with Gasteiger partial charge in [0, 0.05) is 24.8 Å². The molecule has 0 amide bonds. The lowest BCUT2D eigenvalue weighted by Crippen LogP contribution is -2.50. The molecule has 3 nitrogen and oxygen atoms in total. The van der Waals surface area contributed by atoms with Crippen LogP contribution in [-0.4, -0.2) is 23.6 Å². The maximum atomic E-state index is 13.8. The highest BCUT2D eigenvalue weighted by atomic mass is 35.5. The molecule has 2 N–H and O–H groups in total. The van der Waals surface area contributed by atoms with Crippen molar-refractivity contribution >= 4 is 17.4 Å². The fourth-order valence-electron chi connectivity index (χ4n) is 2.39. The molecule has 2 unspecified atom stereocenters. The molecule has 0 aromatic carbocycles. The second-order valence-electron chi connectivity index (χ2n) is 4.57. The number of rotatable bonds is 2. The van der Waals surface area contributed by atoms with E-state index in [2.05, 4.69) is 4.98 Å². The number of halogens is 2. The summed E-state index contributed by atoms with van der Waals surface area (Å²) >= 11 is 5.71. The monoisotopic (exact) mass is 257 g/mol. The van der Waals surface area contributed by atoms with Crippen molar-refractivity contribution in [2.75, 3.05) is 11.4 Å². The van der Waals surface area contributed by atoms with Crippen molar-refractivity contribution in [1.29, 1.82) is 0 Å². The molecular formula is C12H17ClFN3. The Morgan fingerprint density at radius 2 is 2.35 bits per heavy atom. The minimum Gasteiger partial charge on any atom is -0.350 e. The predicted molar refractivity (Wildman–Crippen MR) is 67.8 cm³/mol. The third kappa shape index (κ3) is 2.69. The molecule has 1 aromatic heterocycles. The Morgan fingerprint density at radius 1 is 1.59 bits per heavy atom. The van der Waals surface area contributed by atoms with Gasteiger partial charge < -0.3 is 10.6 Å². The van der Waals surface area contributed by atoms with Gasteiger partial charge in [-0.25, -0.2) is 9.37 Å². The first-order valence-electron chi connectivity index (χ1n) is 5.93. The van der Waals surface area contributed by atoms with E-state index in [-0.39, 0.29) is 17.9 Å². The van der Waals surface area contributed by atoms with E-state index >= 15 is 0 Å². The van der Waals surface area contributed by atoms with Crippen LogP contribution in [0.5, 0.6) is 0 Å². The number of pyridine rings is 1. The standard InChI is InChI=1S/C12H17ClFN3/c1-8(15)11-4-2-3-5-17(11)12-10(14)6-9(13)7-16-12/h6-8,11H,2-5,15H2,1H3. The minimum absolute atomic E-state index is 0.00665. The molecule has 1 aliphatic heterocycles. The van der Waals surface area contributed by atoms with Gasteiger partial charge in [0.05, 0.1) is 5.02 Å². The van der Waals surface area contributed by atoms with Crippen LogP contribution < -0.4 is 10.6 Å². The van der Waals surface area contributed by atoms with E-state index in [0.29, 0.717) is 10.8 Å². The number of nitrogens with two attached hydrogens (primary N) is 1. The minimum atomic E-state index is -0.370. The van der Waals surface area contributed by atoms with Crippen LogP contribution in [0.15, 0.2) is 12.3 Å². The Balaban J connectivity index is 2.29. The average Bonchev–Trinajstić information content (AvgIpc) is 2.29. The zero-order valence-electron chi connectivity index (χ0n) is 9.87. The van der Waals surface area contributed by atoms with Crippen molar-refractivity contribution in [2.45, 2.75) is 38.3 Å². The highest BCUT2D eigenvalue weighted by Crippen LogP contribution is 2.27. The summed E-state index contributed by atoms with van der Waals surface area (Å²) in [7, 11) is 0. The second-order valence-corrected chi connectivity index (χ2v) is 5.01. The van der Waals surface area contributed by atoms with Gasteiger partial charge >= 0.3 is 0 Å². The molecule has 1 aliphatic rings. The van der Waals surface area contributed by atoms with Crippen LogP contribution >= 0.6 is 11.6 Å². The maximum Gasteiger partial charge on any atom is 0.167 e. The first kappa shape index (κ1) is 12.6. The number of nitrogens with zero attached hydrogens (tertiary/aromatic N) is 2. The Morgan fingerprint density at radius 3 is 3.00 bits per heavy atom. The molecule has 0 bridgehead atoms. The van der Waals surface area contributed by atoms with Crippen LogP contribution in [0.2, 0.25) is 5.02 Å². The Bertz CT molecular complexity index is 397. The largest absolute Gasteiger partial charge is 0.350 e. The van der Waals surface area contributed by atoms with Crippen molar-refractivity contribution in [3.05, 3.63) is 23.1 Å². The van der Waals surface area contributed by atoms with Crippen molar-refractivity contribution < 1.29 is 4.39 Å². The molecule has 2 rings (SSSR count). The normalized spacial score (nSPS) is 22.6. The lowest BCUT2D eigenvalue weighted by molar-refractivity contribution is 0.405. The molecule has 0 spiro atoms. The Hall–Kier alpha value is -0.870. The topological polar surface area (TPSA) is 42.1 Å². The first-order chi connectivity index (χ1) is 8.09. The van der Waals surface area contributed by atoms with Crippen LogP contribution in [0.3, 0.4) is 0 Å². The summed E-state index contributed by atoms with van der Waals surface area (Å²) in [6, 6.07) is 1.47. The highest BCUT2D eigenvalue weighted by Gasteiger charge is 2.28. The summed E-state index contributed by atoms with van der Waals surface area (Å²) in [6.45, 7) is 2.76. The SMILES string of the molecule is CC(N)C1CCCCN1c1ncc(Cl)cc1F. The van der Waals surface area contributed by atoms with Crippen molar-refractivity contribution in [1.82, 2.24) is 4.98 Å². The van der Waals surface area contributed by atoms with E-state index in [9.17, 15) is 4.39 Å². The molecule has 1 saturated heterocycles. The van der Waals surface area contributed by atoms with E-state index in [4.69, 9.17) is 17.3 Å². The molecule has 0 aliphatic carbocycles. The highest BCUT2D eigenvalue weighted by molar-refractivity contribution is 6.30. The van der Waals surface area contributed by atoms with E-state index in [1.807, 2.05) is 11.8 Å². The quantitative estimate of drug-likeness (QED) is 0.886. The van der Waals surface area contributed by atoms with Crippen molar-refractivity contribution in [3.8, 4) is 0 Å². The fourth-order valence-corrected chi connectivity index (χ4v) is 2.53. The molecule has 2 atom stereocenters. The molecule has 1 fully saturated rings. The van der Waals surface area contributed by atoms with Crippen LogP contribution in [0.4, 0.5) is 10.2 Å². The smallest absolute Gasteiger partial charge is 0.167 e.